The first-order valence-electron chi connectivity index (χ1n) is 6.81. The smallest absolute Gasteiger partial charge is 0.264 e. The third-order valence-electron chi connectivity index (χ3n) is 3.25. The van der Waals surface area contributed by atoms with E-state index < -0.39 is 6.04 Å². The topological polar surface area (TPSA) is 84.2 Å². The van der Waals surface area contributed by atoms with Crippen molar-refractivity contribution in [2.75, 3.05) is 12.3 Å². The summed E-state index contributed by atoms with van der Waals surface area (Å²) in [7, 11) is 0. The van der Waals surface area contributed by atoms with Crippen LogP contribution < -0.4 is 16.4 Å². The summed E-state index contributed by atoms with van der Waals surface area (Å²) >= 11 is 1.36. The summed E-state index contributed by atoms with van der Waals surface area (Å²) in [6.45, 7) is 6.00. The summed E-state index contributed by atoms with van der Waals surface area (Å²) in [6, 6.07) is 5.21. The minimum absolute atomic E-state index is 0.207. The number of nitrogen functional groups attached to an aromatic ring is 1. The van der Waals surface area contributed by atoms with E-state index in [0.717, 1.165) is 15.6 Å². The van der Waals surface area contributed by atoms with Crippen LogP contribution in [-0.2, 0) is 4.79 Å². The fraction of sp³-hybridized carbons (Fsp3) is 0.333. The maximum absolute atomic E-state index is 12.3. The number of carbonyl (C=O) groups is 2. The molecule has 0 aliphatic carbocycles. The van der Waals surface area contributed by atoms with Crippen LogP contribution in [0.3, 0.4) is 0 Å². The van der Waals surface area contributed by atoms with Crippen molar-refractivity contribution < 1.29 is 9.59 Å². The summed E-state index contributed by atoms with van der Waals surface area (Å²) in [5, 5.41) is 6.24. The van der Waals surface area contributed by atoms with E-state index in [0.29, 0.717) is 17.1 Å². The lowest BCUT2D eigenvalue weighted by atomic mass is 10.1. The van der Waals surface area contributed by atoms with Crippen molar-refractivity contribution in [2.24, 2.45) is 0 Å². The Bertz CT molecular complexity index is 694. The first-order chi connectivity index (χ1) is 9.95. The van der Waals surface area contributed by atoms with Crippen LogP contribution in [0.2, 0.25) is 0 Å². The van der Waals surface area contributed by atoms with Gasteiger partial charge in [-0.2, -0.15) is 0 Å². The number of rotatable bonds is 4. The van der Waals surface area contributed by atoms with E-state index >= 15 is 0 Å². The number of benzene rings is 1. The highest BCUT2D eigenvalue weighted by molar-refractivity contribution is 7.21. The Balaban J connectivity index is 2.26. The van der Waals surface area contributed by atoms with E-state index in [2.05, 4.69) is 10.6 Å². The number of hydrogen-bond acceptors (Lipinski definition) is 4. The Morgan fingerprint density at radius 3 is 2.71 bits per heavy atom. The van der Waals surface area contributed by atoms with Gasteiger partial charge in [0.05, 0.1) is 5.69 Å². The number of amides is 2. The molecular weight excluding hydrogens is 286 g/mol. The molecule has 21 heavy (non-hydrogen) atoms. The number of likely N-dealkylation sites (N-methyl/N-ethyl adjacent to an activating group) is 1. The summed E-state index contributed by atoms with van der Waals surface area (Å²) in [5.74, 6) is -0.520. The van der Waals surface area contributed by atoms with E-state index in [1.54, 1.807) is 6.92 Å². The van der Waals surface area contributed by atoms with Gasteiger partial charge in [-0.3, -0.25) is 9.59 Å². The Kier molecular flexibility index (Phi) is 4.47. The van der Waals surface area contributed by atoms with Gasteiger partial charge in [-0.05, 0) is 26.3 Å². The summed E-state index contributed by atoms with van der Waals surface area (Å²) < 4.78 is 1.01. The average Bonchev–Trinajstić information content (AvgIpc) is 2.78. The van der Waals surface area contributed by atoms with Gasteiger partial charge in [-0.15, -0.1) is 11.3 Å². The van der Waals surface area contributed by atoms with Gasteiger partial charge >= 0.3 is 0 Å². The molecule has 1 aromatic heterocycles. The fourth-order valence-corrected chi connectivity index (χ4v) is 3.20. The quantitative estimate of drug-likeness (QED) is 0.808. The number of nitrogens with two attached hydrogens (primary N) is 1. The van der Waals surface area contributed by atoms with Crippen LogP contribution in [0.5, 0.6) is 0 Å². The van der Waals surface area contributed by atoms with Gasteiger partial charge in [0.2, 0.25) is 5.91 Å². The van der Waals surface area contributed by atoms with Gasteiger partial charge in [-0.25, -0.2) is 0 Å². The molecule has 1 unspecified atom stereocenters. The summed E-state index contributed by atoms with van der Waals surface area (Å²) in [5.41, 5.74) is 7.62. The molecular formula is C15H19N3O2S. The fourth-order valence-electron chi connectivity index (χ4n) is 2.10. The van der Waals surface area contributed by atoms with E-state index in [1.807, 2.05) is 32.0 Å². The van der Waals surface area contributed by atoms with Crippen LogP contribution in [0, 0.1) is 6.92 Å². The molecule has 6 heteroatoms. The number of aryl methyl sites for hydroxylation is 1. The Labute approximate surface area is 127 Å². The van der Waals surface area contributed by atoms with Crippen molar-refractivity contribution in [3.8, 4) is 0 Å². The van der Waals surface area contributed by atoms with E-state index in [1.165, 1.54) is 11.3 Å². The van der Waals surface area contributed by atoms with E-state index in [-0.39, 0.29) is 11.8 Å². The highest BCUT2D eigenvalue weighted by atomic mass is 32.1. The molecule has 0 spiro atoms. The predicted octanol–water partition coefficient (Wildman–Crippen LogP) is 2.05. The first-order valence-corrected chi connectivity index (χ1v) is 7.63. The third-order valence-corrected chi connectivity index (χ3v) is 4.60. The predicted molar refractivity (Wildman–Crippen MR) is 86.6 cm³/mol. The second kappa shape index (κ2) is 6.13. The standard InChI is InChI=1S/C15H19N3O2S/c1-4-17-14(19)9(3)18-15(20)13-11(16)10-7-5-6-8(2)12(10)21-13/h5-7,9H,4,16H2,1-3H3,(H,17,19)(H,18,20). The van der Waals surface area contributed by atoms with Crippen molar-refractivity contribution in [3.05, 3.63) is 28.6 Å². The van der Waals surface area contributed by atoms with Crippen molar-refractivity contribution in [1.29, 1.82) is 0 Å². The molecule has 1 heterocycles. The molecule has 2 amide bonds. The van der Waals surface area contributed by atoms with Gasteiger partial charge in [0.15, 0.2) is 0 Å². The minimum Gasteiger partial charge on any atom is -0.397 e. The van der Waals surface area contributed by atoms with Gasteiger partial charge in [-0.1, -0.05) is 18.2 Å². The molecule has 0 fully saturated rings. The molecule has 0 radical (unpaired) electrons. The van der Waals surface area contributed by atoms with Crippen LogP contribution in [0.25, 0.3) is 10.1 Å². The van der Waals surface area contributed by atoms with Crippen LogP contribution in [0.1, 0.15) is 29.1 Å². The maximum atomic E-state index is 12.3. The molecule has 2 rings (SSSR count). The maximum Gasteiger partial charge on any atom is 0.264 e. The molecule has 1 atom stereocenters. The van der Waals surface area contributed by atoms with Gasteiger partial charge in [0, 0.05) is 16.6 Å². The van der Waals surface area contributed by atoms with Gasteiger partial charge in [0.25, 0.3) is 5.91 Å². The van der Waals surface area contributed by atoms with E-state index in [4.69, 9.17) is 5.73 Å². The Morgan fingerprint density at radius 2 is 2.10 bits per heavy atom. The van der Waals surface area contributed by atoms with Crippen LogP contribution in [0.15, 0.2) is 18.2 Å². The third kappa shape index (κ3) is 3.00. The molecule has 0 saturated heterocycles. The number of hydrogen-bond donors (Lipinski definition) is 3. The van der Waals surface area contributed by atoms with Crippen molar-refractivity contribution in [2.45, 2.75) is 26.8 Å². The Hall–Kier alpha value is -2.08. The Morgan fingerprint density at radius 1 is 1.38 bits per heavy atom. The summed E-state index contributed by atoms with van der Waals surface area (Å²) in [4.78, 5) is 24.4. The van der Waals surface area contributed by atoms with Crippen molar-refractivity contribution >= 4 is 38.9 Å². The lowest BCUT2D eigenvalue weighted by molar-refractivity contribution is -0.122. The zero-order chi connectivity index (χ0) is 15.6. The van der Waals surface area contributed by atoms with Gasteiger partial charge in [0.1, 0.15) is 10.9 Å². The number of anilines is 1. The number of thiophene rings is 1. The minimum atomic E-state index is -0.594. The molecule has 112 valence electrons. The van der Waals surface area contributed by atoms with E-state index in [9.17, 15) is 9.59 Å². The molecule has 4 N–H and O–H groups in total. The number of nitrogens with one attached hydrogen (secondary N) is 2. The zero-order valence-corrected chi connectivity index (χ0v) is 13.1. The largest absolute Gasteiger partial charge is 0.397 e. The zero-order valence-electron chi connectivity index (χ0n) is 12.3. The second-order valence-corrected chi connectivity index (χ2v) is 5.91. The van der Waals surface area contributed by atoms with Crippen molar-refractivity contribution in [1.82, 2.24) is 10.6 Å². The lowest BCUT2D eigenvalue weighted by Crippen LogP contribution is -2.44. The molecule has 0 aliphatic rings. The molecule has 0 saturated carbocycles. The lowest BCUT2D eigenvalue weighted by Gasteiger charge is -2.12. The number of fused-ring (bicyclic) bond motifs is 1. The summed E-state index contributed by atoms with van der Waals surface area (Å²) in [6.07, 6.45) is 0. The molecule has 2 aromatic rings. The SMILES string of the molecule is CCNC(=O)C(C)NC(=O)c1sc2c(C)cccc2c1N. The van der Waals surface area contributed by atoms with Crippen LogP contribution >= 0.6 is 11.3 Å². The molecule has 0 bridgehead atoms. The molecule has 1 aromatic carbocycles. The molecule has 0 aliphatic heterocycles. The van der Waals surface area contributed by atoms with Crippen LogP contribution in [-0.4, -0.2) is 24.4 Å². The number of carbonyl (C=O) groups excluding carboxylic acids is 2. The highest BCUT2D eigenvalue weighted by Crippen LogP contribution is 2.35. The first kappa shape index (κ1) is 15.3. The monoisotopic (exact) mass is 305 g/mol. The average molecular weight is 305 g/mol. The van der Waals surface area contributed by atoms with Gasteiger partial charge < -0.3 is 16.4 Å². The molecule has 5 nitrogen and oxygen atoms in total. The second-order valence-electron chi connectivity index (χ2n) is 4.89. The highest BCUT2D eigenvalue weighted by Gasteiger charge is 2.21. The normalized spacial score (nSPS) is 12.1. The van der Waals surface area contributed by atoms with Crippen LogP contribution in [0.4, 0.5) is 5.69 Å². The van der Waals surface area contributed by atoms with Crippen molar-refractivity contribution in [3.63, 3.8) is 0 Å².